The second-order valence-electron chi connectivity index (χ2n) is 7.01. The lowest BCUT2D eigenvalue weighted by Crippen LogP contribution is -2.52. The van der Waals surface area contributed by atoms with Crippen molar-refractivity contribution in [3.8, 4) is 0 Å². The fraction of sp³-hybridized carbons (Fsp3) is 1.00. The molecule has 2 atom stereocenters. The average molecular weight is 265 g/mol. The second kappa shape index (κ2) is 6.11. The molecule has 0 aliphatic carbocycles. The Labute approximate surface area is 118 Å². The van der Waals surface area contributed by atoms with Crippen molar-refractivity contribution in [1.82, 2.24) is 15.1 Å². The van der Waals surface area contributed by atoms with E-state index in [0.717, 1.165) is 24.2 Å². The van der Waals surface area contributed by atoms with Crippen LogP contribution in [0.4, 0.5) is 0 Å². The smallest absolute Gasteiger partial charge is 0.0252 e. The summed E-state index contributed by atoms with van der Waals surface area (Å²) in [6, 6.07) is 3.24. The second-order valence-corrected chi connectivity index (χ2v) is 7.01. The highest BCUT2D eigenvalue weighted by molar-refractivity contribution is 4.96. The molecule has 2 unspecified atom stereocenters. The normalized spacial score (nSPS) is 35.5. The van der Waals surface area contributed by atoms with Gasteiger partial charge in [-0.15, -0.1) is 0 Å². The van der Waals surface area contributed by atoms with Gasteiger partial charge < -0.3 is 10.2 Å². The Morgan fingerprint density at radius 2 is 1.74 bits per heavy atom. The van der Waals surface area contributed by atoms with E-state index in [0.29, 0.717) is 0 Å². The first-order valence-corrected chi connectivity index (χ1v) is 8.49. The first kappa shape index (κ1) is 13.8. The molecule has 0 bridgehead atoms. The first-order valence-electron chi connectivity index (χ1n) is 8.49. The van der Waals surface area contributed by atoms with Gasteiger partial charge in [-0.25, -0.2) is 0 Å². The lowest BCUT2D eigenvalue weighted by atomic mass is 9.98. The monoisotopic (exact) mass is 265 g/mol. The number of likely N-dealkylation sites (tertiary alicyclic amines) is 2. The van der Waals surface area contributed by atoms with Gasteiger partial charge >= 0.3 is 0 Å². The van der Waals surface area contributed by atoms with Gasteiger partial charge in [0, 0.05) is 24.2 Å². The van der Waals surface area contributed by atoms with Crippen molar-refractivity contribution in [2.24, 2.45) is 0 Å². The lowest BCUT2D eigenvalue weighted by Gasteiger charge is -2.42. The van der Waals surface area contributed by atoms with Crippen LogP contribution in [-0.4, -0.2) is 60.1 Å². The molecular formula is C16H31N3. The summed E-state index contributed by atoms with van der Waals surface area (Å²) < 4.78 is 0. The molecule has 0 saturated carbocycles. The number of piperidine rings is 1. The van der Waals surface area contributed by atoms with Gasteiger partial charge in [0.25, 0.3) is 0 Å². The predicted octanol–water partition coefficient (Wildman–Crippen LogP) is 2.08. The Morgan fingerprint density at radius 1 is 0.947 bits per heavy atom. The van der Waals surface area contributed by atoms with Crippen molar-refractivity contribution in [3.05, 3.63) is 0 Å². The molecule has 0 aromatic carbocycles. The Kier molecular flexibility index (Phi) is 4.45. The van der Waals surface area contributed by atoms with E-state index < -0.39 is 0 Å². The molecule has 3 rings (SSSR count). The molecule has 3 fully saturated rings. The maximum atomic E-state index is 3.74. The summed E-state index contributed by atoms with van der Waals surface area (Å²) in [6.45, 7) is 9.89. The molecule has 19 heavy (non-hydrogen) atoms. The van der Waals surface area contributed by atoms with E-state index in [1.165, 1.54) is 64.7 Å². The molecule has 0 spiro atoms. The highest BCUT2D eigenvalue weighted by atomic mass is 15.3. The van der Waals surface area contributed by atoms with E-state index in [9.17, 15) is 0 Å². The largest absolute Gasteiger partial charge is 0.312 e. The van der Waals surface area contributed by atoms with Crippen LogP contribution in [0.1, 0.15) is 52.4 Å². The average Bonchev–Trinajstić information content (AvgIpc) is 3.09. The van der Waals surface area contributed by atoms with Crippen LogP contribution in [-0.2, 0) is 0 Å². The van der Waals surface area contributed by atoms with Gasteiger partial charge in [0.2, 0.25) is 0 Å². The summed E-state index contributed by atoms with van der Waals surface area (Å²) >= 11 is 0. The highest BCUT2D eigenvalue weighted by Gasteiger charge is 2.37. The SMILES string of the molecule is CC(C)N1CCC(N2CCCC2C2CCCN2)CC1. The number of nitrogens with one attached hydrogen (secondary N) is 1. The number of hydrogen-bond donors (Lipinski definition) is 1. The summed E-state index contributed by atoms with van der Waals surface area (Å²) in [5, 5.41) is 3.74. The fourth-order valence-corrected chi connectivity index (χ4v) is 4.47. The molecule has 3 heteroatoms. The van der Waals surface area contributed by atoms with E-state index in [1.807, 2.05) is 0 Å². The number of nitrogens with zero attached hydrogens (tertiary/aromatic N) is 2. The molecule has 0 aromatic heterocycles. The zero-order valence-electron chi connectivity index (χ0n) is 12.8. The summed E-state index contributed by atoms with van der Waals surface area (Å²) in [6.07, 6.45) is 8.44. The minimum Gasteiger partial charge on any atom is -0.312 e. The summed E-state index contributed by atoms with van der Waals surface area (Å²) in [5.74, 6) is 0. The Balaban J connectivity index is 1.56. The zero-order valence-corrected chi connectivity index (χ0v) is 12.8. The van der Waals surface area contributed by atoms with Gasteiger partial charge in [-0.1, -0.05) is 0 Å². The van der Waals surface area contributed by atoms with Crippen molar-refractivity contribution < 1.29 is 0 Å². The van der Waals surface area contributed by atoms with Gasteiger partial charge in [-0.2, -0.15) is 0 Å². The van der Waals surface area contributed by atoms with Gasteiger partial charge in [-0.05, 0) is 78.6 Å². The zero-order chi connectivity index (χ0) is 13.2. The van der Waals surface area contributed by atoms with Gasteiger partial charge in [0.05, 0.1) is 0 Å². The molecule has 0 amide bonds. The third-order valence-corrected chi connectivity index (χ3v) is 5.60. The maximum absolute atomic E-state index is 3.74. The molecule has 3 saturated heterocycles. The molecule has 0 aromatic rings. The number of rotatable bonds is 3. The maximum Gasteiger partial charge on any atom is 0.0252 e. The summed E-state index contributed by atoms with van der Waals surface area (Å²) in [5.41, 5.74) is 0. The first-order chi connectivity index (χ1) is 9.25. The quantitative estimate of drug-likeness (QED) is 0.843. The van der Waals surface area contributed by atoms with E-state index in [-0.39, 0.29) is 0 Å². The van der Waals surface area contributed by atoms with Crippen LogP contribution in [0.5, 0.6) is 0 Å². The molecule has 0 radical (unpaired) electrons. The Bertz CT molecular complexity index is 278. The number of hydrogen-bond acceptors (Lipinski definition) is 3. The molecule has 3 nitrogen and oxygen atoms in total. The van der Waals surface area contributed by atoms with Crippen LogP contribution in [0.15, 0.2) is 0 Å². The van der Waals surface area contributed by atoms with Crippen LogP contribution in [0.25, 0.3) is 0 Å². The third-order valence-electron chi connectivity index (χ3n) is 5.60. The summed E-state index contributed by atoms with van der Waals surface area (Å²) in [7, 11) is 0. The van der Waals surface area contributed by atoms with Crippen LogP contribution >= 0.6 is 0 Å². The van der Waals surface area contributed by atoms with Crippen molar-refractivity contribution in [2.75, 3.05) is 26.2 Å². The molecule has 3 heterocycles. The minimum atomic E-state index is 0.729. The predicted molar refractivity (Wildman–Crippen MR) is 80.5 cm³/mol. The van der Waals surface area contributed by atoms with Crippen LogP contribution in [0, 0.1) is 0 Å². The van der Waals surface area contributed by atoms with Crippen molar-refractivity contribution in [1.29, 1.82) is 0 Å². The molecule has 1 N–H and O–H groups in total. The van der Waals surface area contributed by atoms with Crippen LogP contribution < -0.4 is 5.32 Å². The van der Waals surface area contributed by atoms with E-state index in [2.05, 4.69) is 29.0 Å². The van der Waals surface area contributed by atoms with E-state index in [1.54, 1.807) is 0 Å². The van der Waals surface area contributed by atoms with Gasteiger partial charge in [0.15, 0.2) is 0 Å². The molecular weight excluding hydrogens is 234 g/mol. The van der Waals surface area contributed by atoms with E-state index >= 15 is 0 Å². The minimum absolute atomic E-state index is 0.729. The molecule has 3 aliphatic heterocycles. The van der Waals surface area contributed by atoms with Gasteiger partial charge in [-0.3, -0.25) is 4.90 Å². The highest BCUT2D eigenvalue weighted by Crippen LogP contribution is 2.30. The van der Waals surface area contributed by atoms with Crippen LogP contribution in [0.3, 0.4) is 0 Å². The van der Waals surface area contributed by atoms with Crippen LogP contribution in [0.2, 0.25) is 0 Å². The van der Waals surface area contributed by atoms with Crippen molar-refractivity contribution in [2.45, 2.75) is 76.5 Å². The van der Waals surface area contributed by atoms with Crippen molar-refractivity contribution >= 4 is 0 Å². The summed E-state index contributed by atoms with van der Waals surface area (Å²) in [4.78, 5) is 5.52. The lowest BCUT2D eigenvalue weighted by molar-refractivity contribution is 0.0748. The Morgan fingerprint density at radius 3 is 2.37 bits per heavy atom. The standard InChI is InChI=1S/C16H31N3/c1-13(2)18-11-7-14(8-12-18)19-10-4-6-16(19)15-5-3-9-17-15/h13-17H,3-12H2,1-2H3. The topological polar surface area (TPSA) is 18.5 Å². The fourth-order valence-electron chi connectivity index (χ4n) is 4.47. The van der Waals surface area contributed by atoms with E-state index in [4.69, 9.17) is 0 Å². The molecule has 3 aliphatic rings. The third kappa shape index (κ3) is 2.98. The Hall–Kier alpha value is -0.120. The van der Waals surface area contributed by atoms with Crippen molar-refractivity contribution in [3.63, 3.8) is 0 Å². The van der Waals surface area contributed by atoms with Gasteiger partial charge in [0.1, 0.15) is 0 Å². The molecule has 110 valence electrons.